The van der Waals surface area contributed by atoms with Gasteiger partial charge in [0.25, 0.3) is 0 Å². The van der Waals surface area contributed by atoms with Gasteiger partial charge in [0.2, 0.25) is 0 Å². The third-order valence-corrected chi connectivity index (χ3v) is 6.75. The molecule has 3 rings (SSSR count). The summed E-state index contributed by atoms with van der Waals surface area (Å²) in [6.45, 7) is 4.33. The van der Waals surface area contributed by atoms with Crippen molar-refractivity contribution < 1.29 is 17.6 Å². The minimum Gasteiger partial charge on any atom is -0.246 e. The number of aryl methyl sites for hydroxylation is 1. The topological polar surface area (TPSA) is 0 Å². The van der Waals surface area contributed by atoms with E-state index in [2.05, 4.69) is 18.2 Å². The fraction of sp³-hybridized carbons (Fsp3) is 0.355. The molecule has 0 spiro atoms. The molecule has 0 saturated heterocycles. The van der Waals surface area contributed by atoms with Gasteiger partial charge in [0, 0.05) is 5.56 Å². The summed E-state index contributed by atoms with van der Waals surface area (Å²) in [6, 6.07) is 9.72. The van der Waals surface area contributed by atoms with Crippen LogP contribution in [0.15, 0.2) is 77.9 Å². The summed E-state index contributed by atoms with van der Waals surface area (Å²) < 4.78 is 56.7. The summed E-state index contributed by atoms with van der Waals surface area (Å²) in [5, 5.41) is 0. The molecule has 0 amide bonds. The van der Waals surface area contributed by atoms with Gasteiger partial charge in [-0.3, -0.25) is 0 Å². The molecular weight excluding hydrogens is 448 g/mol. The number of allylic oxidation sites excluding steroid dienone is 8. The van der Waals surface area contributed by atoms with E-state index in [-0.39, 0.29) is 11.1 Å². The highest BCUT2D eigenvalue weighted by atomic mass is 19.2. The predicted octanol–water partition coefficient (Wildman–Crippen LogP) is 9.66. The van der Waals surface area contributed by atoms with E-state index < -0.39 is 24.5 Å². The number of hydrogen-bond donors (Lipinski definition) is 0. The van der Waals surface area contributed by atoms with E-state index in [1.165, 1.54) is 26.0 Å². The molecule has 2 atom stereocenters. The molecule has 2 unspecified atom stereocenters. The zero-order valence-electron chi connectivity index (χ0n) is 20.8. The van der Waals surface area contributed by atoms with Gasteiger partial charge in [-0.15, -0.1) is 0 Å². The number of halogens is 4. The highest BCUT2D eigenvalue weighted by Gasteiger charge is 2.19. The molecule has 0 N–H and O–H groups in total. The Bertz CT molecular complexity index is 1120. The monoisotopic (exact) mass is 482 g/mol. The number of alkyl halides is 2. The molecule has 0 bridgehead atoms. The molecule has 1 aliphatic carbocycles. The standard InChI is InChI=1S/C31H34F4/c1-4-5-6-7-23-9-11-25(12-10-23)28(22(3)33)19-17-27(20-32)24-13-15-26(16-14-24)29-18-8-21(2)30(34)31(29)35/h4-5,8,11,13-19,22-23H,6-7,9-10,12,20H2,1-3H3/b5-4+,27-17+,28-19+. The Morgan fingerprint density at radius 2 is 1.80 bits per heavy atom. The molecule has 0 nitrogen and oxygen atoms in total. The summed E-state index contributed by atoms with van der Waals surface area (Å²) in [5.74, 6) is -1.14. The first-order valence-corrected chi connectivity index (χ1v) is 12.3. The minimum absolute atomic E-state index is 0.159. The molecule has 0 saturated carbocycles. The molecule has 0 aromatic heterocycles. The van der Waals surface area contributed by atoms with Crippen LogP contribution in [0.5, 0.6) is 0 Å². The van der Waals surface area contributed by atoms with Gasteiger partial charge in [0.05, 0.1) is 0 Å². The lowest BCUT2D eigenvalue weighted by atomic mass is 9.83. The third kappa shape index (κ3) is 6.84. The highest BCUT2D eigenvalue weighted by Crippen LogP contribution is 2.33. The van der Waals surface area contributed by atoms with Crippen LogP contribution in [0.2, 0.25) is 0 Å². The van der Waals surface area contributed by atoms with Gasteiger partial charge in [-0.1, -0.05) is 66.8 Å². The molecule has 4 heteroatoms. The first kappa shape index (κ1) is 26.7. The van der Waals surface area contributed by atoms with E-state index in [1.807, 2.05) is 6.92 Å². The van der Waals surface area contributed by atoms with E-state index in [0.717, 1.165) is 37.7 Å². The minimum atomic E-state index is -1.15. The first-order chi connectivity index (χ1) is 16.8. The summed E-state index contributed by atoms with van der Waals surface area (Å²) in [4.78, 5) is 0. The van der Waals surface area contributed by atoms with Crippen LogP contribution in [-0.2, 0) is 0 Å². The molecule has 2 aromatic carbocycles. The van der Waals surface area contributed by atoms with Crippen LogP contribution in [0, 0.1) is 24.5 Å². The largest absolute Gasteiger partial charge is 0.246 e. The Labute approximate surface area is 206 Å². The van der Waals surface area contributed by atoms with Gasteiger partial charge < -0.3 is 0 Å². The van der Waals surface area contributed by atoms with Gasteiger partial charge in [0.1, 0.15) is 12.8 Å². The van der Waals surface area contributed by atoms with Crippen molar-refractivity contribution in [2.24, 2.45) is 5.92 Å². The zero-order valence-corrected chi connectivity index (χ0v) is 20.8. The van der Waals surface area contributed by atoms with Gasteiger partial charge in [-0.25, -0.2) is 17.6 Å². The Morgan fingerprint density at radius 1 is 1.06 bits per heavy atom. The maximum Gasteiger partial charge on any atom is 0.166 e. The van der Waals surface area contributed by atoms with Crippen molar-refractivity contribution in [3.63, 3.8) is 0 Å². The van der Waals surface area contributed by atoms with Crippen LogP contribution >= 0.6 is 0 Å². The number of benzene rings is 2. The second-order valence-electron chi connectivity index (χ2n) is 9.22. The lowest BCUT2D eigenvalue weighted by Gasteiger charge is -2.23. The van der Waals surface area contributed by atoms with Crippen LogP contribution in [0.25, 0.3) is 16.7 Å². The fourth-order valence-electron chi connectivity index (χ4n) is 4.55. The molecule has 35 heavy (non-hydrogen) atoms. The SMILES string of the molecule is C/C=C/CCC1CC=C(/C(=C/C=C(\CF)c2ccc(-c3ccc(C)c(F)c3F)cc2)C(C)F)CC1. The summed E-state index contributed by atoms with van der Waals surface area (Å²) >= 11 is 0. The van der Waals surface area contributed by atoms with E-state index in [0.29, 0.717) is 28.2 Å². The molecule has 0 fully saturated rings. The Morgan fingerprint density at radius 3 is 2.40 bits per heavy atom. The normalized spacial score (nSPS) is 18.1. The van der Waals surface area contributed by atoms with Crippen LogP contribution in [0.4, 0.5) is 17.6 Å². The molecule has 2 aromatic rings. The summed E-state index contributed by atoms with van der Waals surface area (Å²) in [7, 11) is 0. The maximum atomic E-state index is 14.5. The van der Waals surface area contributed by atoms with Crippen molar-refractivity contribution in [2.75, 3.05) is 6.67 Å². The van der Waals surface area contributed by atoms with Crippen LogP contribution < -0.4 is 0 Å². The van der Waals surface area contributed by atoms with E-state index in [1.54, 1.807) is 36.4 Å². The van der Waals surface area contributed by atoms with Gasteiger partial charge in [-0.05, 0) is 92.2 Å². The maximum absolute atomic E-state index is 14.5. The second-order valence-corrected chi connectivity index (χ2v) is 9.22. The lowest BCUT2D eigenvalue weighted by Crippen LogP contribution is -2.10. The molecule has 186 valence electrons. The van der Waals surface area contributed by atoms with E-state index in [9.17, 15) is 17.6 Å². The van der Waals surface area contributed by atoms with Crippen LogP contribution in [0.3, 0.4) is 0 Å². The quantitative estimate of drug-likeness (QED) is 0.190. The van der Waals surface area contributed by atoms with Crippen molar-refractivity contribution in [2.45, 2.75) is 59.0 Å². The predicted molar refractivity (Wildman–Crippen MR) is 139 cm³/mol. The van der Waals surface area contributed by atoms with Crippen molar-refractivity contribution in [3.8, 4) is 11.1 Å². The van der Waals surface area contributed by atoms with Crippen LogP contribution in [-0.4, -0.2) is 12.8 Å². The van der Waals surface area contributed by atoms with Crippen molar-refractivity contribution in [1.29, 1.82) is 0 Å². The zero-order chi connectivity index (χ0) is 25.4. The average molecular weight is 483 g/mol. The second kappa shape index (κ2) is 12.7. The molecular formula is C31H34F4. The van der Waals surface area contributed by atoms with E-state index in [4.69, 9.17) is 0 Å². The number of rotatable bonds is 9. The van der Waals surface area contributed by atoms with Crippen molar-refractivity contribution >= 4 is 5.57 Å². The highest BCUT2D eigenvalue weighted by molar-refractivity contribution is 5.72. The fourth-order valence-corrected chi connectivity index (χ4v) is 4.55. The number of hydrogen-bond acceptors (Lipinski definition) is 0. The Balaban J connectivity index is 1.80. The third-order valence-electron chi connectivity index (χ3n) is 6.75. The molecule has 0 radical (unpaired) electrons. The Kier molecular flexibility index (Phi) is 9.71. The lowest BCUT2D eigenvalue weighted by molar-refractivity contribution is 0.400. The van der Waals surface area contributed by atoms with Gasteiger partial charge >= 0.3 is 0 Å². The van der Waals surface area contributed by atoms with Crippen molar-refractivity contribution in [3.05, 3.63) is 101 Å². The molecule has 0 aliphatic heterocycles. The average Bonchev–Trinajstić information content (AvgIpc) is 2.86. The summed E-state index contributed by atoms with van der Waals surface area (Å²) in [6.07, 6.45) is 13.6. The molecule has 1 aliphatic rings. The van der Waals surface area contributed by atoms with Crippen molar-refractivity contribution in [1.82, 2.24) is 0 Å². The van der Waals surface area contributed by atoms with Gasteiger partial charge in [0.15, 0.2) is 11.6 Å². The first-order valence-electron chi connectivity index (χ1n) is 12.3. The van der Waals surface area contributed by atoms with Gasteiger partial charge in [-0.2, -0.15) is 0 Å². The summed E-state index contributed by atoms with van der Waals surface area (Å²) in [5.41, 5.74) is 3.53. The van der Waals surface area contributed by atoms with Crippen LogP contribution in [0.1, 0.15) is 57.1 Å². The van der Waals surface area contributed by atoms with E-state index >= 15 is 0 Å². The Hall–Kier alpha value is -2.88. The molecule has 0 heterocycles. The smallest absolute Gasteiger partial charge is 0.166 e.